The lowest BCUT2D eigenvalue weighted by Crippen LogP contribution is -2.02. The zero-order chi connectivity index (χ0) is 15.9. The van der Waals surface area contributed by atoms with Gasteiger partial charge in [0.25, 0.3) is 6.47 Å². The number of nitrogens with two attached hydrogens (primary N) is 1. The molecule has 1 aromatic heterocycles. The Morgan fingerprint density at radius 1 is 1.14 bits per heavy atom. The molecule has 0 radical (unpaired) electrons. The maximum Gasteiger partial charge on any atom is 0.290 e. The van der Waals surface area contributed by atoms with Gasteiger partial charge in [-0.1, -0.05) is 46.3 Å². The molecule has 2 aromatic carbocycles. The molecule has 0 aliphatic heterocycles. The minimum absolute atomic E-state index is 0.250. The van der Waals surface area contributed by atoms with Crippen molar-refractivity contribution in [2.45, 2.75) is 6.42 Å². The lowest BCUT2D eigenvalue weighted by molar-refractivity contribution is -0.122. The van der Waals surface area contributed by atoms with Crippen LogP contribution in [0.2, 0.25) is 0 Å². The van der Waals surface area contributed by atoms with Crippen molar-refractivity contribution < 1.29 is 9.90 Å². The molecule has 0 unspecified atom stereocenters. The van der Waals surface area contributed by atoms with Gasteiger partial charge in [0.1, 0.15) is 11.6 Å². The van der Waals surface area contributed by atoms with Gasteiger partial charge in [0.05, 0.1) is 5.52 Å². The molecule has 3 N–H and O–H groups in total. The third-order valence-electron chi connectivity index (χ3n) is 2.94. The van der Waals surface area contributed by atoms with Crippen LogP contribution in [0.1, 0.15) is 11.4 Å². The standard InChI is InChI=1S/C15H12BrN3.CH2O2/c16-11-6-7-12-13(9-11)18-14(19-15(12)17)8-10-4-2-1-3-5-10;2-1-3/h1-7,9H,8H2,(H2,17,18,19);1H,(H,2,3). The van der Waals surface area contributed by atoms with Gasteiger partial charge < -0.3 is 10.8 Å². The normalized spacial score (nSPS) is 9.86. The molecule has 0 aliphatic rings. The van der Waals surface area contributed by atoms with Crippen LogP contribution >= 0.6 is 15.9 Å². The highest BCUT2D eigenvalue weighted by atomic mass is 79.9. The van der Waals surface area contributed by atoms with Gasteiger partial charge in [-0.05, 0) is 23.8 Å². The Kier molecular flexibility index (Phi) is 5.43. The molecule has 3 aromatic rings. The Hall–Kier alpha value is -2.47. The van der Waals surface area contributed by atoms with Crippen molar-refractivity contribution >= 4 is 39.1 Å². The second kappa shape index (κ2) is 7.51. The van der Waals surface area contributed by atoms with Crippen LogP contribution in [-0.2, 0) is 11.2 Å². The average molecular weight is 360 g/mol. The second-order valence-corrected chi connectivity index (χ2v) is 5.37. The van der Waals surface area contributed by atoms with Crippen molar-refractivity contribution in [2.24, 2.45) is 0 Å². The van der Waals surface area contributed by atoms with E-state index in [0.717, 1.165) is 21.2 Å². The molecular weight excluding hydrogens is 346 g/mol. The molecule has 0 atom stereocenters. The van der Waals surface area contributed by atoms with Gasteiger partial charge >= 0.3 is 0 Å². The first-order valence-electron chi connectivity index (χ1n) is 6.47. The molecule has 6 heteroatoms. The summed E-state index contributed by atoms with van der Waals surface area (Å²) < 4.78 is 0.990. The predicted octanol–water partition coefficient (Wildman–Crippen LogP) is 3.27. The van der Waals surface area contributed by atoms with E-state index in [-0.39, 0.29) is 6.47 Å². The monoisotopic (exact) mass is 359 g/mol. The Morgan fingerprint density at radius 2 is 1.82 bits per heavy atom. The van der Waals surface area contributed by atoms with Crippen LogP contribution < -0.4 is 5.73 Å². The van der Waals surface area contributed by atoms with Gasteiger partial charge in [0, 0.05) is 16.3 Å². The number of benzene rings is 2. The van der Waals surface area contributed by atoms with Crippen LogP contribution in [0.3, 0.4) is 0 Å². The van der Waals surface area contributed by atoms with Gasteiger partial charge in [0.15, 0.2) is 0 Å². The van der Waals surface area contributed by atoms with Crippen LogP contribution in [0.15, 0.2) is 53.0 Å². The van der Waals surface area contributed by atoms with E-state index in [2.05, 4.69) is 38.0 Å². The zero-order valence-corrected chi connectivity index (χ0v) is 13.2. The summed E-state index contributed by atoms with van der Waals surface area (Å²) in [5.41, 5.74) is 8.04. The van der Waals surface area contributed by atoms with Crippen molar-refractivity contribution in [2.75, 3.05) is 5.73 Å². The maximum atomic E-state index is 8.36. The molecule has 0 saturated carbocycles. The summed E-state index contributed by atoms with van der Waals surface area (Å²) in [6.45, 7) is -0.250. The predicted molar refractivity (Wildman–Crippen MR) is 89.6 cm³/mol. The Morgan fingerprint density at radius 3 is 2.50 bits per heavy atom. The first-order valence-corrected chi connectivity index (χ1v) is 7.26. The number of anilines is 1. The number of aromatic nitrogens is 2. The van der Waals surface area contributed by atoms with Crippen LogP contribution in [0, 0.1) is 0 Å². The van der Waals surface area contributed by atoms with Gasteiger partial charge in [-0.15, -0.1) is 0 Å². The number of carboxylic acid groups (broad SMARTS) is 1. The topological polar surface area (TPSA) is 89.1 Å². The van der Waals surface area contributed by atoms with Gasteiger partial charge in [0.2, 0.25) is 0 Å². The van der Waals surface area contributed by atoms with E-state index in [1.54, 1.807) is 0 Å². The molecule has 0 aliphatic carbocycles. The Bertz CT molecular complexity index is 779. The number of rotatable bonds is 2. The lowest BCUT2D eigenvalue weighted by Gasteiger charge is -2.06. The molecule has 0 saturated heterocycles. The van der Waals surface area contributed by atoms with E-state index in [1.165, 1.54) is 5.56 Å². The Labute approximate surface area is 136 Å². The molecule has 3 rings (SSSR count). The molecule has 112 valence electrons. The van der Waals surface area contributed by atoms with E-state index in [4.69, 9.17) is 15.6 Å². The minimum Gasteiger partial charge on any atom is -0.483 e. The number of halogens is 1. The number of carbonyl (C=O) groups is 1. The highest BCUT2D eigenvalue weighted by molar-refractivity contribution is 9.10. The summed E-state index contributed by atoms with van der Waals surface area (Å²) in [6.07, 6.45) is 0.688. The van der Waals surface area contributed by atoms with Gasteiger partial charge in [-0.25, -0.2) is 9.97 Å². The second-order valence-electron chi connectivity index (χ2n) is 4.45. The summed E-state index contributed by atoms with van der Waals surface area (Å²) in [4.78, 5) is 17.3. The van der Waals surface area contributed by atoms with Gasteiger partial charge in [-0.3, -0.25) is 4.79 Å². The lowest BCUT2D eigenvalue weighted by atomic mass is 10.1. The van der Waals surface area contributed by atoms with E-state index >= 15 is 0 Å². The minimum atomic E-state index is -0.250. The number of fused-ring (bicyclic) bond motifs is 1. The van der Waals surface area contributed by atoms with Crippen molar-refractivity contribution in [3.8, 4) is 0 Å². The number of hydrogen-bond acceptors (Lipinski definition) is 4. The molecule has 22 heavy (non-hydrogen) atoms. The molecule has 0 bridgehead atoms. The van der Waals surface area contributed by atoms with Crippen LogP contribution in [0.5, 0.6) is 0 Å². The molecule has 0 fully saturated rings. The Balaban J connectivity index is 0.000000545. The maximum absolute atomic E-state index is 8.36. The third-order valence-corrected chi connectivity index (χ3v) is 3.43. The smallest absolute Gasteiger partial charge is 0.290 e. The van der Waals surface area contributed by atoms with Crippen molar-refractivity contribution in [1.82, 2.24) is 9.97 Å². The first kappa shape index (κ1) is 15.9. The van der Waals surface area contributed by atoms with Crippen LogP contribution in [0.4, 0.5) is 5.82 Å². The third kappa shape index (κ3) is 4.02. The molecule has 0 spiro atoms. The van der Waals surface area contributed by atoms with Crippen LogP contribution in [-0.4, -0.2) is 21.5 Å². The summed E-state index contributed by atoms with van der Waals surface area (Å²) in [5.74, 6) is 1.28. The fraction of sp³-hybridized carbons (Fsp3) is 0.0625. The number of hydrogen-bond donors (Lipinski definition) is 2. The molecular formula is C16H14BrN3O2. The molecule has 1 heterocycles. The van der Waals surface area contributed by atoms with E-state index < -0.39 is 0 Å². The highest BCUT2D eigenvalue weighted by Gasteiger charge is 2.06. The summed E-state index contributed by atoms with van der Waals surface area (Å²) in [5, 5.41) is 7.78. The number of nitrogens with zero attached hydrogens (tertiary/aromatic N) is 2. The van der Waals surface area contributed by atoms with Crippen molar-refractivity contribution in [3.63, 3.8) is 0 Å². The summed E-state index contributed by atoms with van der Waals surface area (Å²) in [7, 11) is 0. The zero-order valence-electron chi connectivity index (χ0n) is 11.6. The summed E-state index contributed by atoms with van der Waals surface area (Å²) >= 11 is 3.45. The SMILES string of the molecule is Nc1nc(Cc2ccccc2)nc2cc(Br)ccc12.O=CO. The largest absolute Gasteiger partial charge is 0.483 e. The van der Waals surface area contributed by atoms with E-state index in [1.807, 2.05) is 36.4 Å². The van der Waals surface area contributed by atoms with Gasteiger partial charge in [-0.2, -0.15) is 0 Å². The van der Waals surface area contributed by atoms with E-state index in [9.17, 15) is 0 Å². The van der Waals surface area contributed by atoms with Crippen molar-refractivity contribution in [1.29, 1.82) is 0 Å². The average Bonchev–Trinajstić information content (AvgIpc) is 2.48. The fourth-order valence-electron chi connectivity index (χ4n) is 2.03. The number of nitrogen functional groups attached to an aromatic ring is 1. The quantitative estimate of drug-likeness (QED) is 0.685. The van der Waals surface area contributed by atoms with Crippen LogP contribution in [0.25, 0.3) is 10.9 Å². The fourth-order valence-corrected chi connectivity index (χ4v) is 2.38. The summed E-state index contributed by atoms with van der Waals surface area (Å²) in [6, 6.07) is 16.0. The van der Waals surface area contributed by atoms with E-state index in [0.29, 0.717) is 12.2 Å². The molecule has 0 amide bonds. The first-order chi connectivity index (χ1) is 10.6. The molecule has 5 nitrogen and oxygen atoms in total. The highest BCUT2D eigenvalue weighted by Crippen LogP contribution is 2.22. The van der Waals surface area contributed by atoms with Crippen molar-refractivity contribution in [3.05, 3.63) is 64.4 Å².